The Morgan fingerprint density at radius 2 is 1.97 bits per heavy atom. The van der Waals surface area contributed by atoms with Crippen LogP contribution in [0.25, 0.3) is 0 Å². The van der Waals surface area contributed by atoms with Crippen molar-refractivity contribution >= 4 is 17.5 Å². The molecule has 5 rings (SSSR count). The number of fused-ring (bicyclic) bond motifs is 1. The van der Waals surface area contributed by atoms with E-state index in [0.717, 1.165) is 36.7 Å². The molecule has 8 heteroatoms. The van der Waals surface area contributed by atoms with Gasteiger partial charge in [-0.2, -0.15) is 5.10 Å². The Kier molecular flexibility index (Phi) is 6.11. The molecule has 0 radical (unpaired) electrons. The van der Waals surface area contributed by atoms with Crippen molar-refractivity contribution in [1.29, 1.82) is 0 Å². The predicted molar refractivity (Wildman–Crippen MR) is 126 cm³/mol. The molecular formula is C25H30N6O2. The van der Waals surface area contributed by atoms with Crippen LogP contribution in [0.5, 0.6) is 0 Å². The maximum absolute atomic E-state index is 13.1. The second-order valence-electron chi connectivity index (χ2n) is 8.80. The van der Waals surface area contributed by atoms with Crippen LogP contribution in [-0.2, 0) is 29.5 Å². The molecule has 0 aliphatic carbocycles. The number of ether oxygens (including phenoxy) is 1. The number of benzene rings is 1. The number of pyridine rings is 1. The molecule has 2 aliphatic heterocycles. The van der Waals surface area contributed by atoms with Crippen molar-refractivity contribution in [2.75, 3.05) is 38.1 Å². The monoisotopic (exact) mass is 446 g/mol. The average molecular weight is 447 g/mol. The first-order chi connectivity index (χ1) is 16.0. The molecule has 3 aromatic rings. The van der Waals surface area contributed by atoms with Gasteiger partial charge in [-0.1, -0.05) is 30.3 Å². The normalized spacial score (nSPS) is 18.7. The molecule has 1 atom stereocenters. The number of carbonyl (C=O) groups is 1. The first-order valence-electron chi connectivity index (χ1n) is 11.5. The highest BCUT2D eigenvalue weighted by molar-refractivity contribution is 5.78. The third-order valence-electron chi connectivity index (χ3n) is 6.46. The zero-order valence-corrected chi connectivity index (χ0v) is 19.2. The van der Waals surface area contributed by atoms with Crippen LogP contribution in [-0.4, -0.2) is 63.3 Å². The molecule has 0 bridgehead atoms. The maximum Gasteiger partial charge on any atom is 0.236 e. The van der Waals surface area contributed by atoms with E-state index < -0.39 is 0 Å². The first kappa shape index (κ1) is 21.6. The van der Waals surface area contributed by atoms with Gasteiger partial charge >= 0.3 is 0 Å². The molecule has 1 fully saturated rings. The number of morpholine rings is 1. The van der Waals surface area contributed by atoms with Crippen LogP contribution >= 0.6 is 0 Å². The van der Waals surface area contributed by atoms with Gasteiger partial charge in [0.2, 0.25) is 5.91 Å². The van der Waals surface area contributed by atoms with Crippen LogP contribution in [0, 0.1) is 6.92 Å². The van der Waals surface area contributed by atoms with Crippen LogP contribution < -0.4 is 5.32 Å². The second-order valence-corrected chi connectivity index (χ2v) is 8.80. The molecule has 172 valence electrons. The van der Waals surface area contributed by atoms with Gasteiger partial charge in [0, 0.05) is 38.4 Å². The Balaban J connectivity index is 1.21. The number of anilines is 2. The van der Waals surface area contributed by atoms with Gasteiger partial charge in [-0.05, 0) is 36.6 Å². The molecule has 2 aliphatic rings. The Bertz CT molecular complexity index is 1120. The van der Waals surface area contributed by atoms with Crippen molar-refractivity contribution in [3.63, 3.8) is 0 Å². The van der Waals surface area contributed by atoms with Crippen molar-refractivity contribution in [1.82, 2.24) is 24.6 Å². The molecule has 1 aromatic carbocycles. The number of nitrogens with zero attached hydrogens (tertiary/aromatic N) is 5. The summed E-state index contributed by atoms with van der Waals surface area (Å²) in [5, 5.41) is 7.68. The lowest BCUT2D eigenvalue weighted by atomic mass is 10.00. The lowest BCUT2D eigenvalue weighted by molar-refractivity contribution is -0.140. The number of hydrogen-bond donors (Lipinski definition) is 1. The molecular weight excluding hydrogens is 416 g/mol. The molecule has 33 heavy (non-hydrogen) atoms. The quantitative estimate of drug-likeness (QED) is 0.650. The number of hydrogen-bond acceptors (Lipinski definition) is 6. The topological polar surface area (TPSA) is 75.5 Å². The van der Waals surface area contributed by atoms with Gasteiger partial charge in [0.05, 0.1) is 25.4 Å². The van der Waals surface area contributed by atoms with Crippen LogP contribution in [0.1, 0.15) is 28.6 Å². The van der Waals surface area contributed by atoms with Crippen LogP contribution in [0.3, 0.4) is 0 Å². The van der Waals surface area contributed by atoms with Gasteiger partial charge in [-0.15, -0.1) is 0 Å². The standard InChI is InChI=1S/C25H30N6O2/c1-18-14-24(28-29(18)2)27-23-9-5-8-21(26-23)22-16-31(12-13-33-22)25(32)17-30-11-10-19-6-3-4-7-20(19)15-30/h3-9,14,22H,10-13,15-17H2,1-2H3,(H,26,27,28)/t22-/m1/s1. The number of aryl methyl sites for hydroxylation is 2. The van der Waals surface area contributed by atoms with Crippen LogP contribution in [0.4, 0.5) is 11.6 Å². The number of carbonyl (C=O) groups excluding carboxylic acids is 1. The van der Waals surface area contributed by atoms with E-state index in [2.05, 4.69) is 39.6 Å². The number of aromatic nitrogens is 3. The summed E-state index contributed by atoms with van der Waals surface area (Å²) in [5.41, 5.74) is 4.61. The van der Waals surface area contributed by atoms with Crippen molar-refractivity contribution < 1.29 is 9.53 Å². The molecule has 1 amide bonds. The van der Waals surface area contributed by atoms with E-state index in [9.17, 15) is 4.79 Å². The van der Waals surface area contributed by atoms with Gasteiger partial charge in [0.1, 0.15) is 11.9 Å². The summed E-state index contributed by atoms with van der Waals surface area (Å²) < 4.78 is 7.81. The minimum atomic E-state index is -0.239. The van der Waals surface area contributed by atoms with Crippen molar-refractivity contribution in [2.45, 2.75) is 26.0 Å². The Morgan fingerprint density at radius 1 is 1.12 bits per heavy atom. The van der Waals surface area contributed by atoms with E-state index in [1.165, 1.54) is 11.1 Å². The van der Waals surface area contributed by atoms with Crippen molar-refractivity contribution in [3.05, 3.63) is 71.0 Å². The fraction of sp³-hybridized carbons (Fsp3) is 0.400. The summed E-state index contributed by atoms with van der Waals surface area (Å²) in [6.45, 7) is 5.84. The highest BCUT2D eigenvalue weighted by atomic mass is 16.5. The van der Waals surface area contributed by atoms with E-state index in [4.69, 9.17) is 9.72 Å². The maximum atomic E-state index is 13.1. The van der Waals surface area contributed by atoms with Crippen molar-refractivity contribution in [3.8, 4) is 0 Å². The molecule has 4 heterocycles. The third kappa shape index (κ3) is 4.91. The zero-order chi connectivity index (χ0) is 22.8. The van der Waals surface area contributed by atoms with Gasteiger partial charge in [-0.25, -0.2) is 4.98 Å². The molecule has 0 spiro atoms. The Hall–Kier alpha value is -3.23. The first-order valence-corrected chi connectivity index (χ1v) is 11.5. The summed E-state index contributed by atoms with van der Waals surface area (Å²) in [6.07, 6.45) is 0.756. The van der Waals surface area contributed by atoms with E-state index >= 15 is 0 Å². The number of rotatable bonds is 5. The summed E-state index contributed by atoms with van der Waals surface area (Å²) in [4.78, 5) is 22.0. The van der Waals surface area contributed by atoms with E-state index in [0.29, 0.717) is 32.1 Å². The number of nitrogens with one attached hydrogen (secondary N) is 1. The number of amides is 1. The summed E-state index contributed by atoms with van der Waals surface area (Å²) in [6, 6.07) is 16.3. The molecule has 0 unspecified atom stereocenters. The lowest BCUT2D eigenvalue weighted by Gasteiger charge is -2.35. The molecule has 0 saturated carbocycles. The second kappa shape index (κ2) is 9.33. The van der Waals surface area contributed by atoms with Crippen molar-refractivity contribution in [2.24, 2.45) is 7.05 Å². The molecule has 1 saturated heterocycles. The average Bonchev–Trinajstić information content (AvgIpc) is 3.15. The van der Waals surface area contributed by atoms with E-state index in [-0.39, 0.29) is 12.0 Å². The fourth-order valence-corrected chi connectivity index (χ4v) is 4.49. The summed E-state index contributed by atoms with van der Waals surface area (Å²) in [5.74, 6) is 1.62. The van der Waals surface area contributed by atoms with Gasteiger partial charge < -0.3 is 15.0 Å². The minimum absolute atomic E-state index is 0.154. The fourth-order valence-electron chi connectivity index (χ4n) is 4.49. The van der Waals surface area contributed by atoms with Crippen LogP contribution in [0.15, 0.2) is 48.5 Å². The molecule has 1 N–H and O–H groups in total. The summed E-state index contributed by atoms with van der Waals surface area (Å²) in [7, 11) is 1.91. The van der Waals surface area contributed by atoms with Gasteiger partial charge in [-0.3, -0.25) is 14.4 Å². The lowest BCUT2D eigenvalue weighted by Crippen LogP contribution is -2.47. The largest absolute Gasteiger partial charge is 0.368 e. The Labute approximate surface area is 194 Å². The highest BCUT2D eigenvalue weighted by Gasteiger charge is 2.28. The SMILES string of the molecule is Cc1cc(Nc2cccc([C@H]3CN(C(=O)CN4CCc5ccccc5C4)CCO3)n2)nn1C. The van der Waals surface area contributed by atoms with E-state index in [1.807, 2.05) is 47.8 Å². The summed E-state index contributed by atoms with van der Waals surface area (Å²) >= 11 is 0. The predicted octanol–water partition coefficient (Wildman–Crippen LogP) is 2.83. The van der Waals surface area contributed by atoms with Gasteiger partial charge in [0.25, 0.3) is 0 Å². The Morgan fingerprint density at radius 3 is 2.79 bits per heavy atom. The van der Waals surface area contributed by atoms with E-state index in [1.54, 1.807) is 0 Å². The van der Waals surface area contributed by atoms with Crippen LogP contribution in [0.2, 0.25) is 0 Å². The molecule has 8 nitrogen and oxygen atoms in total. The third-order valence-corrected chi connectivity index (χ3v) is 6.46. The molecule has 2 aromatic heterocycles. The smallest absolute Gasteiger partial charge is 0.236 e. The minimum Gasteiger partial charge on any atom is -0.368 e. The van der Waals surface area contributed by atoms with Gasteiger partial charge in [0.15, 0.2) is 5.82 Å². The highest BCUT2D eigenvalue weighted by Crippen LogP contribution is 2.24. The zero-order valence-electron chi connectivity index (χ0n) is 19.2.